The molecule has 1 heterocycles. The van der Waals surface area contributed by atoms with Crippen LogP contribution in [0.5, 0.6) is 0 Å². The maximum absolute atomic E-state index is 12.4. The summed E-state index contributed by atoms with van der Waals surface area (Å²) in [5, 5.41) is 0. The molecule has 4 nitrogen and oxygen atoms in total. The van der Waals surface area contributed by atoms with Gasteiger partial charge in [-0.05, 0) is 45.1 Å². The van der Waals surface area contributed by atoms with Crippen LogP contribution in [0.15, 0.2) is 12.1 Å². The molecule has 0 saturated carbocycles. The van der Waals surface area contributed by atoms with Gasteiger partial charge in [-0.15, -0.1) is 0 Å². The van der Waals surface area contributed by atoms with Crippen LogP contribution in [0.1, 0.15) is 29.7 Å². The predicted octanol–water partition coefficient (Wildman–Crippen LogP) is 1.80. The second-order valence-corrected chi connectivity index (χ2v) is 5.07. The van der Waals surface area contributed by atoms with Gasteiger partial charge in [0.15, 0.2) is 0 Å². The quantitative estimate of drug-likeness (QED) is 0.758. The average molecular weight is 246 g/mol. The highest BCUT2D eigenvalue weighted by atomic mass is 16.2. The number of benzene rings is 1. The molecule has 2 amide bonds. The Hall–Kier alpha value is -1.68. The lowest BCUT2D eigenvalue weighted by molar-refractivity contribution is -0.127. The molecule has 1 unspecified atom stereocenters. The molecule has 0 spiro atoms. The highest BCUT2D eigenvalue weighted by molar-refractivity contribution is 6.20. The lowest BCUT2D eigenvalue weighted by atomic mass is 9.99. The van der Waals surface area contributed by atoms with E-state index in [1.54, 1.807) is 0 Å². The second kappa shape index (κ2) is 4.21. The van der Waals surface area contributed by atoms with Gasteiger partial charge in [0.1, 0.15) is 6.04 Å². The number of amides is 2. The van der Waals surface area contributed by atoms with Crippen LogP contribution in [0.2, 0.25) is 0 Å². The van der Waals surface area contributed by atoms with E-state index in [1.165, 1.54) is 11.8 Å². The molecule has 18 heavy (non-hydrogen) atoms. The molecule has 1 aliphatic heterocycles. The molecule has 1 aromatic rings. The highest BCUT2D eigenvalue weighted by Gasteiger charge is 2.41. The average Bonchev–Trinajstić information content (AvgIpc) is 2.50. The Labute approximate surface area is 107 Å². The number of hydrogen-bond donors (Lipinski definition) is 0. The van der Waals surface area contributed by atoms with E-state index in [9.17, 15) is 9.59 Å². The normalized spacial score (nSPS) is 18.4. The van der Waals surface area contributed by atoms with E-state index in [2.05, 4.69) is 0 Å². The van der Waals surface area contributed by atoms with E-state index in [1.807, 2.05) is 45.0 Å². The minimum absolute atomic E-state index is 0.156. The number of hydrogen-bond acceptors (Lipinski definition) is 3. The fourth-order valence-electron chi connectivity index (χ4n) is 2.67. The van der Waals surface area contributed by atoms with Crippen molar-refractivity contribution >= 4 is 17.5 Å². The molecule has 1 aliphatic rings. The second-order valence-electron chi connectivity index (χ2n) is 5.07. The summed E-state index contributed by atoms with van der Waals surface area (Å²) >= 11 is 0. The molecule has 96 valence electrons. The van der Waals surface area contributed by atoms with Gasteiger partial charge >= 0.3 is 0 Å². The Kier molecular flexibility index (Phi) is 2.99. The molecule has 0 N–H and O–H groups in total. The van der Waals surface area contributed by atoms with Crippen molar-refractivity contribution in [2.24, 2.45) is 0 Å². The number of carbonyl (C=O) groups is 2. The molecule has 4 heteroatoms. The van der Waals surface area contributed by atoms with Gasteiger partial charge in [-0.2, -0.15) is 0 Å². The first-order valence-corrected chi connectivity index (χ1v) is 5.96. The molecular formula is C14H18N2O2. The van der Waals surface area contributed by atoms with Crippen LogP contribution >= 0.6 is 0 Å². The standard InChI is InChI=1S/C14H18N2O2/c1-8-6-9(2)12-11(7-8)16(10(3)17)14(18)13(12)15(4)5/h6-7,13H,1-5H3. The maximum Gasteiger partial charge on any atom is 0.255 e. The number of anilines is 1. The van der Waals surface area contributed by atoms with Crippen molar-refractivity contribution < 1.29 is 9.59 Å². The number of nitrogens with zero attached hydrogens (tertiary/aromatic N) is 2. The topological polar surface area (TPSA) is 40.6 Å². The summed E-state index contributed by atoms with van der Waals surface area (Å²) in [5.41, 5.74) is 3.81. The molecular weight excluding hydrogens is 228 g/mol. The van der Waals surface area contributed by atoms with Crippen LogP contribution in [-0.4, -0.2) is 30.8 Å². The summed E-state index contributed by atoms with van der Waals surface area (Å²) in [5.74, 6) is -0.383. The fraction of sp³-hybridized carbons (Fsp3) is 0.429. The SMILES string of the molecule is CC(=O)N1C(=O)C(N(C)C)c2c(C)cc(C)cc21. The van der Waals surface area contributed by atoms with Crippen molar-refractivity contribution in [1.29, 1.82) is 0 Å². The molecule has 2 rings (SSSR count). The number of rotatable bonds is 1. The molecule has 0 aliphatic carbocycles. The van der Waals surface area contributed by atoms with E-state index < -0.39 is 0 Å². The number of carbonyl (C=O) groups excluding carboxylic acids is 2. The minimum Gasteiger partial charge on any atom is -0.294 e. The van der Waals surface area contributed by atoms with Crippen LogP contribution in [0, 0.1) is 13.8 Å². The van der Waals surface area contributed by atoms with Gasteiger partial charge in [-0.3, -0.25) is 14.5 Å². The largest absolute Gasteiger partial charge is 0.294 e. The summed E-state index contributed by atoms with van der Waals surface area (Å²) < 4.78 is 0. The Morgan fingerprint density at radius 1 is 1.28 bits per heavy atom. The van der Waals surface area contributed by atoms with Crippen molar-refractivity contribution in [3.05, 3.63) is 28.8 Å². The number of aryl methyl sites for hydroxylation is 2. The Morgan fingerprint density at radius 2 is 1.89 bits per heavy atom. The Balaban J connectivity index is 2.70. The summed E-state index contributed by atoms with van der Waals surface area (Å²) in [4.78, 5) is 27.2. The van der Waals surface area contributed by atoms with Gasteiger partial charge in [0.25, 0.3) is 5.91 Å². The zero-order valence-electron chi connectivity index (χ0n) is 11.4. The first kappa shape index (κ1) is 12.8. The minimum atomic E-state index is -0.357. The Morgan fingerprint density at radius 3 is 2.39 bits per heavy atom. The smallest absolute Gasteiger partial charge is 0.255 e. The fourth-order valence-corrected chi connectivity index (χ4v) is 2.67. The van der Waals surface area contributed by atoms with Crippen molar-refractivity contribution in [1.82, 2.24) is 4.90 Å². The molecule has 0 fully saturated rings. The van der Waals surface area contributed by atoms with Gasteiger partial charge < -0.3 is 0 Å². The summed E-state index contributed by atoms with van der Waals surface area (Å²) in [6.07, 6.45) is 0. The molecule has 1 atom stereocenters. The van der Waals surface area contributed by atoms with E-state index in [-0.39, 0.29) is 17.9 Å². The van der Waals surface area contributed by atoms with Gasteiger partial charge in [-0.25, -0.2) is 4.90 Å². The van der Waals surface area contributed by atoms with E-state index in [0.29, 0.717) is 0 Å². The lowest BCUT2D eigenvalue weighted by Gasteiger charge is -2.19. The van der Waals surface area contributed by atoms with Crippen LogP contribution in [0.25, 0.3) is 0 Å². The van der Waals surface area contributed by atoms with Crippen molar-refractivity contribution in [2.75, 3.05) is 19.0 Å². The zero-order valence-corrected chi connectivity index (χ0v) is 11.4. The van der Waals surface area contributed by atoms with Crippen LogP contribution in [0.4, 0.5) is 5.69 Å². The van der Waals surface area contributed by atoms with Gasteiger partial charge in [0, 0.05) is 12.5 Å². The summed E-state index contributed by atoms with van der Waals surface area (Å²) in [7, 11) is 3.71. The van der Waals surface area contributed by atoms with Crippen molar-refractivity contribution in [3.8, 4) is 0 Å². The van der Waals surface area contributed by atoms with Gasteiger partial charge in [-0.1, -0.05) is 6.07 Å². The zero-order chi connectivity index (χ0) is 13.6. The molecule has 0 bridgehead atoms. The molecule has 0 radical (unpaired) electrons. The number of imide groups is 1. The number of fused-ring (bicyclic) bond motifs is 1. The first-order valence-electron chi connectivity index (χ1n) is 5.96. The summed E-state index contributed by atoms with van der Waals surface area (Å²) in [6.45, 7) is 5.38. The highest BCUT2D eigenvalue weighted by Crippen LogP contribution is 2.41. The van der Waals surface area contributed by atoms with Crippen molar-refractivity contribution in [3.63, 3.8) is 0 Å². The lowest BCUT2D eigenvalue weighted by Crippen LogP contribution is -2.37. The van der Waals surface area contributed by atoms with Crippen LogP contribution in [-0.2, 0) is 9.59 Å². The Bertz CT molecular complexity index is 535. The van der Waals surface area contributed by atoms with E-state index >= 15 is 0 Å². The van der Waals surface area contributed by atoms with Gasteiger partial charge in [0.2, 0.25) is 5.91 Å². The molecule has 0 saturated heterocycles. The molecule has 0 aromatic heterocycles. The third-order valence-corrected chi connectivity index (χ3v) is 3.31. The third-order valence-electron chi connectivity index (χ3n) is 3.31. The monoisotopic (exact) mass is 246 g/mol. The predicted molar refractivity (Wildman–Crippen MR) is 70.5 cm³/mol. The molecule has 1 aromatic carbocycles. The van der Waals surface area contributed by atoms with Gasteiger partial charge in [0.05, 0.1) is 5.69 Å². The maximum atomic E-state index is 12.4. The first-order chi connectivity index (χ1) is 8.34. The summed E-state index contributed by atoms with van der Waals surface area (Å²) in [6, 6.07) is 3.60. The van der Waals surface area contributed by atoms with E-state index in [4.69, 9.17) is 0 Å². The number of likely N-dealkylation sites (N-methyl/N-ethyl adjacent to an activating group) is 1. The third kappa shape index (κ3) is 1.73. The van der Waals surface area contributed by atoms with E-state index in [0.717, 1.165) is 22.4 Å². The van der Waals surface area contributed by atoms with Crippen molar-refractivity contribution in [2.45, 2.75) is 26.8 Å². The van der Waals surface area contributed by atoms with Crippen LogP contribution in [0.3, 0.4) is 0 Å². The van der Waals surface area contributed by atoms with Crippen LogP contribution < -0.4 is 4.90 Å².